The van der Waals surface area contributed by atoms with Crippen LogP contribution in [0.3, 0.4) is 0 Å². The second kappa shape index (κ2) is 9.61. The van der Waals surface area contributed by atoms with E-state index in [-0.39, 0.29) is 5.91 Å². The van der Waals surface area contributed by atoms with Gasteiger partial charge in [-0.05, 0) is 37.1 Å². The number of aryl methyl sites for hydroxylation is 1. The lowest BCUT2D eigenvalue weighted by Gasteiger charge is -2.13. The first-order valence-corrected chi connectivity index (χ1v) is 11.9. The van der Waals surface area contributed by atoms with E-state index in [1.807, 2.05) is 48.0 Å². The summed E-state index contributed by atoms with van der Waals surface area (Å²) in [5.74, 6) is 0.576. The van der Waals surface area contributed by atoms with Gasteiger partial charge in [-0.3, -0.25) is 9.78 Å². The first-order valence-electron chi connectivity index (χ1n) is 11.9. The minimum atomic E-state index is -0.347. The van der Waals surface area contributed by atoms with Gasteiger partial charge in [0.2, 0.25) is 0 Å². The largest absolute Gasteiger partial charge is 0.351 e. The standard InChI is InChI=1S/C26H24N10O/c1-35-16-29-13-19(35)14-36-24(10-23(34-36)21-4-2-3-9-30-21)33-26(37)25-22(31-18-11-27-15-28-12-18)8-7-20(32-25)17-5-6-17/h2-4,7-13,15-17,31H,5-6,14H2,1H3,(H,33,37). The van der Waals surface area contributed by atoms with E-state index in [0.717, 1.165) is 24.2 Å². The fourth-order valence-electron chi connectivity index (χ4n) is 4.02. The maximum atomic E-state index is 13.7. The van der Waals surface area contributed by atoms with Gasteiger partial charge in [0.25, 0.3) is 5.91 Å². The highest BCUT2D eigenvalue weighted by Gasteiger charge is 2.27. The smallest absolute Gasteiger partial charge is 0.277 e. The van der Waals surface area contributed by atoms with Gasteiger partial charge in [-0.15, -0.1) is 0 Å². The van der Waals surface area contributed by atoms with Crippen LogP contribution in [0.1, 0.15) is 40.6 Å². The Morgan fingerprint density at radius 1 is 1.05 bits per heavy atom. The molecule has 11 heteroatoms. The van der Waals surface area contributed by atoms with Crippen molar-refractivity contribution in [2.24, 2.45) is 7.05 Å². The Morgan fingerprint density at radius 2 is 1.92 bits per heavy atom. The number of aromatic nitrogens is 8. The van der Waals surface area contributed by atoms with Crippen LogP contribution in [-0.4, -0.2) is 45.2 Å². The molecule has 0 unspecified atom stereocenters. The predicted octanol–water partition coefficient (Wildman–Crippen LogP) is 3.79. The van der Waals surface area contributed by atoms with Crippen molar-refractivity contribution in [3.8, 4) is 11.4 Å². The molecule has 1 amide bonds. The number of imidazole rings is 1. The van der Waals surface area contributed by atoms with E-state index in [1.54, 1.807) is 35.8 Å². The van der Waals surface area contributed by atoms with E-state index in [2.05, 4.69) is 30.6 Å². The maximum absolute atomic E-state index is 13.7. The Kier molecular flexibility index (Phi) is 5.85. The number of rotatable bonds is 8. The Hall–Kier alpha value is -4.93. The van der Waals surface area contributed by atoms with Gasteiger partial charge in [0.1, 0.15) is 17.8 Å². The second-order valence-electron chi connectivity index (χ2n) is 8.90. The van der Waals surface area contributed by atoms with Gasteiger partial charge in [-0.25, -0.2) is 24.6 Å². The minimum absolute atomic E-state index is 0.293. The van der Waals surface area contributed by atoms with Gasteiger partial charge in [0.15, 0.2) is 5.69 Å². The minimum Gasteiger partial charge on any atom is -0.351 e. The van der Waals surface area contributed by atoms with Gasteiger partial charge in [0, 0.05) is 30.9 Å². The number of hydrogen-bond acceptors (Lipinski definition) is 8. The molecule has 184 valence electrons. The van der Waals surface area contributed by atoms with Gasteiger partial charge in [-0.1, -0.05) is 6.07 Å². The van der Waals surface area contributed by atoms with Crippen molar-refractivity contribution in [3.05, 3.63) is 90.9 Å². The lowest BCUT2D eigenvalue weighted by Crippen LogP contribution is -2.19. The van der Waals surface area contributed by atoms with Gasteiger partial charge >= 0.3 is 0 Å². The molecule has 0 saturated heterocycles. The van der Waals surface area contributed by atoms with Crippen LogP contribution < -0.4 is 10.6 Å². The fourth-order valence-corrected chi connectivity index (χ4v) is 4.02. The van der Waals surface area contributed by atoms with Crippen LogP contribution in [-0.2, 0) is 13.6 Å². The van der Waals surface area contributed by atoms with Crippen molar-refractivity contribution in [2.45, 2.75) is 25.3 Å². The Balaban J connectivity index is 1.35. The molecule has 5 heterocycles. The van der Waals surface area contributed by atoms with Gasteiger partial charge in [0.05, 0.1) is 54.2 Å². The number of amides is 1. The van der Waals surface area contributed by atoms with Crippen LogP contribution in [0.25, 0.3) is 11.4 Å². The summed E-state index contributed by atoms with van der Waals surface area (Å²) in [6.45, 7) is 0.418. The lowest BCUT2D eigenvalue weighted by atomic mass is 10.2. The fraction of sp³-hybridized carbons (Fsp3) is 0.192. The molecule has 5 aromatic rings. The highest BCUT2D eigenvalue weighted by molar-refractivity contribution is 6.06. The Morgan fingerprint density at radius 3 is 2.65 bits per heavy atom. The zero-order valence-corrected chi connectivity index (χ0v) is 20.1. The van der Waals surface area contributed by atoms with Crippen LogP contribution >= 0.6 is 0 Å². The molecule has 11 nitrogen and oxygen atoms in total. The first-order chi connectivity index (χ1) is 18.1. The monoisotopic (exact) mass is 492 g/mol. The molecule has 0 aliphatic heterocycles. The molecular weight excluding hydrogens is 468 g/mol. The summed E-state index contributed by atoms with van der Waals surface area (Å²) in [6.07, 6.45) is 12.1. The SMILES string of the molecule is Cn1cncc1Cn1nc(-c2ccccn2)cc1NC(=O)c1nc(C2CC2)ccc1Nc1cncnc1. The number of carbonyl (C=O) groups excluding carboxylic acids is 1. The second-order valence-corrected chi connectivity index (χ2v) is 8.90. The Labute approximate surface area is 212 Å². The first kappa shape index (κ1) is 22.5. The van der Waals surface area contributed by atoms with E-state index in [1.165, 1.54) is 6.33 Å². The number of nitrogens with zero attached hydrogens (tertiary/aromatic N) is 8. The van der Waals surface area contributed by atoms with E-state index < -0.39 is 0 Å². The molecule has 1 fully saturated rings. The molecule has 0 radical (unpaired) electrons. The summed E-state index contributed by atoms with van der Waals surface area (Å²) in [5, 5.41) is 11.0. The summed E-state index contributed by atoms with van der Waals surface area (Å²) in [6, 6.07) is 11.3. The van der Waals surface area contributed by atoms with Crippen LogP contribution in [0, 0.1) is 0 Å². The van der Waals surface area contributed by atoms with E-state index in [0.29, 0.717) is 46.7 Å². The third-order valence-electron chi connectivity index (χ3n) is 6.14. The third kappa shape index (κ3) is 4.92. The molecule has 5 aromatic heterocycles. The summed E-state index contributed by atoms with van der Waals surface area (Å²) >= 11 is 0. The topological polar surface area (TPSA) is 128 Å². The van der Waals surface area contributed by atoms with Crippen LogP contribution in [0.4, 0.5) is 17.2 Å². The average Bonchev–Trinajstić information content (AvgIpc) is 3.59. The number of anilines is 3. The average molecular weight is 493 g/mol. The lowest BCUT2D eigenvalue weighted by molar-refractivity contribution is 0.102. The van der Waals surface area contributed by atoms with Crippen molar-refractivity contribution in [1.29, 1.82) is 0 Å². The van der Waals surface area contributed by atoms with Crippen molar-refractivity contribution in [2.75, 3.05) is 10.6 Å². The zero-order chi connectivity index (χ0) is 25.2. The third-order valence-corrected chi connectivity index (χ3v) is 6.14. The quantitative estimate of drug-likeness (QED) is 0.335. The highest BCUT2D eigenvalue weighted by atomic mass is 16.2. The molecular formula is C26H24N10O. The normalized spacial score (nSPS) is 12.9. The van der Waals surface area contributed by atoms with E-state index >= 15 is 0 Å². The molecule has 1 saturated carbocycles. The maximum Gasteiger partial charge on any atom is 0.277 e. The van der Waals surface area contributed by atoms with Crippen LogP contribution in [0.5, 0.6) is 0 Å². The van der Waals surface area contributed by atoms with E-state index in [9.17, 15) is 4.79 Å². The zero-order valence-electron chi connectivity index (χ0n) is 20.1. The predicted molar refractivity (Wildman–Crippen MR) is 137 cm³/mol. The summed E-state index contributed by atoms with van der Waals surface area (Å²) in [7, 11) is 1.92. The number of pyridine rings is 2. The molecule has 0 spiro atoms. The Bertz CT molecular complexity index is 1540. The molecule has 2 N–H and O–H groups in total. The van der Waals surface area contributed by atoms with Crippen LogP contribution in [0.15, 0.2) is 73.8 Å². The van der Waals surface area contributed by atoms with Crippen molar-refractivity contribution >= 4 is 23.1 Å². The molecule has 37 heavy (non-hydrogen) atoms. The molecule has 0 atom stereocenters. The number of hydrogen-bond donors (Lipinski definition) is 2. The molecule has 6 rings (SSSR count). The van der Waals surface area contributed by atoms with Crippen LogP contribution in [0.2, 0.25) is 0 Å². The van der Waals surface area contributed by atoms with Gasteiger partial charge < -0.3 is 15.2 Å². The summed E-state index contributed by atoms with van der Waals surface area (Å²) < 4.78 is 3.65. The summed E-state index contributed by atoms with van der Waals surface area (Å²) in [4.78, 5) is 35.1. The van der Waals surface area contributed by atoms with E-state index in [4.69, 9.17) is 10.1 Å². The molecule has 1 aliphatic carbocycles. The summed E-state index contributed by atoms with van der Waals surface area (Å²) in [5.41, 5.74) is 4.74. The highest BCUT2D eigenvalue weighted by Crippen LogP contribution is 2.39. The molecule has 0 bridgehead atoms. The van der Waals surface area contributed by atoms with Gasteiger partial charge in [-0.2, -0.15) is 5.10 Å². The molecule has 1 aliphatic rings. The van der Waals surface area contributed by atoms with Crippen molar-refractivity contribution in [1.82, 2.24) is 39.3 Å². The van der Waals surface area contributed by atoms with Crippen molar-refractivity contribution < 1.29 is 4.79 Å². The van der Waals surface area contributed by atoms with Crippen molar-refractivity contribution in [3.63, 3.8) is 0 Å². The number of nitrogens with one attached hydrogen (secondary N) is 2. The molecule has 0 aromatic carbocycles. The number of carbonyl (C=O) groups is 1.